The van der Waals surface area contributed by atoms with Crippen LogP contribution in [0, 0.1) is 6.92 Å². The van der Waals surface area contributed by atoms with E-state index in [-0.39, 0.29) is 12.4 Å². The van der Waals surface area contributed by atoms with E-state index in [1.54, 1.807) is 13.3 Å². The third kappa shape index (κ3) is 2.67. The van der Waals surface area contributed by atoms with E-state index in [2.05, 4.69) is 20.9 Å². The van der Waals surface area contributed by atoms with E-state index in [0.29, 0.717) is 0 Å². The highest BCUT2D eigenvalue weighted by molar-refractivity contribution is 9.10. The quantitative estimate of drug-likeness (QED) is 0.750. The molecule has 0 bridgehead atoms. The molecule has 1 aromatic rings. The molecule has 1 aromatic heterocycles. The second-order valence-corrected chi connectivity index (χ2v) is 2.81. The maximum absolute atomic E-state index is 4.99. The fraction of sp³-hybridized carbons (Fsp3) is 0.286. The van der Waals surface area contributed by atoms with Gasteiger partial charge in [-0.3, -0.25) is 4.98 Å². The number of rotatable bonds is 1. The van der Waals surface area contributed by atoms with Crippen molar-refractivity contribution in [3.63, 3.8) is 0 Å². The van der Waals surface area contributed by atoms with Gasteiger partial charge in [-0.1, -0.05) is 0 Å². The fourth-order valence-corrected chi connectivity index (χ4v) is 1.26. The first-order chi connectivity index (χ1) is 4.74. The summed E-state index contributed by atoms with van der Waals surface area (Å²) >= 11 is 3.34. The highest BCUT2D eigenvalue weighted by Gasteiger charge is 1.97. The molecule has 0 N–H and O–H groups in total. The van der Waals surface area contributed by atoms with Crippen LogP contribution in [0.5, 0.6) is 5.75 Å². The minimum Gasteiger partial charge on any atom is -0.494 e. The molecule has 0 aromatic carbocycles. The molecule has 4 heteroatoms. The van der Waals surface area contributed by atoms with Crippen molar-refractivity contribution in [2.24, 2.45) is 0 Å². The van der Waals surface area contributed by atoms with Gasteiger partial charge >= 0.3 is 0 Å². The number of methoxy groups -OCH3 is 1. The van der Waals surface area contributed by atoms with Gasteiger partial charge in [0.05, 0.1) is 17.8 Å². The third-order valence-electron chi connectivity index (χ3n) is 1.18. The van der Waals surface area contributed by atoms with E-state index in [9.17, 15) is 0 Å². The maximum Gasteiger partial charge on any atom is 0.151 e. The maximum atomic E-state index is 4.99. The molecule has 1 rings (SSSR count). The summed E-state index contributed by atoms with van der Waals surface area (Å²) in [4.78, 5) is 4.06. The first-order valence-electron chi connectivity index (χ1n) is 2.90. The molecule has 0 radical (unpaired) electrons. The van der Waals surface area contributed by atoms with Crippen LogP contribution in [-0.4, -0.2) is 12.1 Å². The molecule has 0 fully saturated rings. The van der Waals surface area contributed by atoms with Gasteiger partial charge in [0.1, 0.15) is 0 Å². The van der Waals surface area contributed by atoms with Crippen LogP contribution in [0.3, 0.4) is 0 Å². The van der Waals surface area contributed by atoms with Gasteiger partial charge in [-0.15, -0.1) is 12.4 Å². The number of pyridine rings is 1. The van der Waals surface area contributed by atoms with Gasteiger partial charge in [0, 0.05) is 5.69 Å². The second-order valence-electron chi connectivity index (χ2n) is 1.96. The Bertz CT molecular complexity index is 242. The predicted octanol–water partition coefficient (Wildman–Crippen LogP) is 2.58. The Morgan fingerprint density at radius 3 is 2.64 bits per heavy atom. The largest absolute Gasteiger partial charge is 0.494 e. The number of halogens is 2. The van der Waals surface area contributed by atoms with Gasteiger partial charge in [-0.2, -0.15) is 0 Å². The minimum atomic E-state index is 0. The van der Waals surface area contributed by atoms with E-state index in [1.165, 1.54) is 0 Å². The van der Waals surface area contributed by atoms with Gasteiger partial charge in [0.25, 0.3) is 0 Å². The Hall–Kier alpha value is -0.280. The van der Waals surface area contributed by atoms with Crippen LogP contribution in [0.15, 0.2) is 16.7 Å². The van der Waals surface area contributed by atoms with Crippen molar-refractivity contribution >= 4 is 28.3 Å². The fourth-order valence-electron chi connectivity index (χ4n) is 0.664. The number of nitrogens with zero attached hydrogens (tertiary/aromatic N) is 1. The Kier molecular flexibility index (Phi) is 4.45. The van der Waals surface area contributed by atoms with E-state index >= 15 is 0 Å². The zero-order valence-corrected chi connectivity index (χ0v) is 8.70. The molecule has 0 saturated carbocycles. The second kappa shape index (κ2) is 4.57. The van der Waals surface area contributed by atoms with E-state index in [4.69, 9.17) is 4.74 Å². The summed E-state index contributed by atoms with van der Waals surface area (Å²) in [6.07, 6.45) is 1.69. The summed E-state index contributed by atoms with van der Waals surface area (Å²) in [5.41, 5.74) is 0.979. The van der Waals surface area contributed by atoms with Crippen LogP contribution >= 0.6 is 28.3 Å². The first-order valence-corrected chi connectivity index (χ1v) is 3.69. The number of ether oxygens (including phenoxy) is 1. The number of hydrogen-bond acceptors (Lipinski definition) is 2. The summed E-state index contributed by atoms with van der Waals surface area (Å²) in [5.74, 6) is 0.769. The summed E-state index contributed by atoms with van der Waals surface area (Å²) in [7, 11) is 1.62. The minimum absolute atomic E-state index is 0. The molecule has 0 saturated heterocycles. The van der Waals surface area contributed by atoms with E-state index in [0.717, 1.165) is 15.9 Å². The average Bonchev–Trinajstić information content (AvgIpc) is 1.88. The predicted molar refractivity (Wildman–Crippen MR) is 50.5 cm³/mol. The lowest BCUT2D eigenvalue weighted by Crippen LogP contribution is -1.87. The smallest absolute Gasteiger partial charge is 0.151 e. The van der Waals surface area contributed by atoms with Gasteiger partial charge in [-0.25, -0.2) is 0 Å². The summed E-state index contributed by atoms with van der Waals surface area (Å²) in [6, 6.07) is 1.92. The van der Waals surface area contributed by atoms with E-state index in [1.807, 2.05) is 13.0 Å². The molecule has 0 aliphatic rings. The normalized spacial score (nSPS) is 8.64. The zero-order chi connectivity index (χ0) is 7.56. The third-order valence-corrected chi connectivity index (χ3v) is 1.80. The van der Waals surface area contributed by atoms with Crippen LogP contribution in [0.4, 0.5) is 0 Å². The Morgan fingerprint density at radius 2 is 2.18 bits per heavy atom. The molecule has 0 aliphatic heterocycles. The van der Waals surface area contributed by atoms with Crippen molar-refractivity contribution in [2.45, 2.75) is 6.92 Å². The van der Waals surface area contributed by atoms with Gasteiger partial charge in [0.15, 0.2) is 5.75 Å². The zero-order valence-electron chi connectivity index (χ0n) is 6.30. The molecule has 2 nitrogen and oxygen atoms in total. The van der Waals surface area contributed by atoms with Crippen molar-refractivity contribution in [1.29, 1.82) is 0 Å². The molecule has 11 heavy (non-hydrogen) atoms. The molecule has 0 atom stereocenters. The summed E-state index contributed by atoms with van der Waals surface area (Å²) in [6.45, 7) is 1.93. The van der Waals surface area contributed by atoms with Crippen molar-refractivity contribution in [3.8, 4) is 5.75 Å². The Balaban J connectivity index is 0.000001000. The molecular formula is C7H9BrClNO. The van der Waals surface area contributed by atoms with E-state index < -0.39 is 0 Å². The number of aryl methyl sites for hydroxylation is 1. The summed E-state index contributed by atoms with van der Waals surface area (Å²) in [5, 5.41) is 0. The molecular weight excluding hydrogens is 229 g/mol. The lowest BCUT2D eigenvalue weighted by Gasteiger charge is -2.01. The number of hydrogen-bond donors (Lipinski definition) is 0. The Morgan fingerprint density at radius 1 is 1.55 bits per heavy atom. The van der Waals surface area contributed by atoms with Gasteiger partial charge in [-0.05, 0) is 28.9 Å². The SMILES string of the molecule is COc1cnc(C)cc1Br.Cl. The summed E-state index contributed by atoms with van der Waals surface area (Å²) < 4.78 is 5.94. The highest BCUT2D eigenvalue weighted by Crippen LogP contribution is 2.23. The molecule has 0 aliphatic carbocycles. The van der Waals surface area contributed by atoms with Crippen LogP contribution < -0.4 is 4.74 Å². The van der Waals surface area contributed by atoms with Crippen LogP contribution in [-0.2, 0) is 0 Å². The lowest BCUT2D eigenvalue weighted by molar-refractivity contribution is 0.410. The van der Waals surface area contributed by atoms with Crippen molar-refractivity contribution < 1.29 is 4.74 Å². The lowest BCUT2D eigenvalue weighted by atomic mass is 10.4. The average molecular weight is 239 g/mol. The van der Waals surface area contributed by atoms with Crippen LogP contribution in [0.25, 0.3) is 0 Å². The molecule has 62 valence electrons. The number of aromatic nitrogens is 1. The molecule has 1 heterocycles. The van der Waals surface area contributed by atoms with Crippen molar-refractivity contribution in [2.75, 3.05) is 7.11 Å². The van der Waals surface area contributed by atoms with Crippen molar-refractivity contribution in [1.82, 2.24) is 4.98 Å². The molecule has 0 unspecified atom stereocenters. The molecule has 0 amide bonds. The van der Waals surface area contributed by atoms with Crippen LogP contribution in [0.1, 0.15) is 5.69 Å². The van der Waals surface area contributed by atoms with Gasteiger partial charge in [0.2, 0.25) is 0 Å². The first kappa shape index (κ1) is 10.7. The highest BCUT2D eigenvalue weighted by atomic mass is 79.9. The van der Waals surface area contributed by atoms with Crippen molar-refractivity contribution in [3.05, 3.63) is 22.4 Å². The molecule has 0 spiro atoms. The topological polar surface area (TPSA) is 22.1 Å². The Labute approximate surface area is 80.5 Å². The monoisotopic (exact) mass is 237 g/mol. The standard InChI is InChI=1S/C7H8BrNO.ClH/c1-5-3-6(8)7(10-2)4-9-5;/h3-4H,1-2H3;1H. The van der Waals surface area contributed by atoms with Crippen LogP contribution in [0.2, 0.25) is 0 Å². The van der Waals surface area contributed by atoms with Gasteiger partial charge < -0.3 is 4.74 Å².